The molecule has 0 heteroatoms. The second-order valence-electron chi connectivity index (χ2n) is 7.91. The van der Waals surface area contributed by atoms with Crippen molar-refractivity contribution in [2.24, 2.45) is 58.7 Å². The van der Waals surface area contributed by atoms with E-state index in [2.05, 4.69) is 6.92 Å². The minimum atomic E-state index is 0.882. The highest BCUT2D eigenvalue weighted by atomic mass is 14.9. The Kier molecular flexibility index (Phi) is 0.847. The predicted octanol–water partition coefficient (Wildman–Crippen LogP) is 3.18. The van der Waals surface area contributed by atoms with Gasteiger partial charge >= 0.3 is 0 Å². The number of rotatable bonds is 0. The summed E-state index contributed by atoms with van der Waals surface area (Å²) in [6.45, 7) is 2.74. The first-order chi connectivity index (χ1) is 7.33. The average molecular weight is 200 g/mol. The predicted molar refractivity (Wildman–Crippen MR) is 58.0 cm³/mol. The van der Waals surface area contributed by atoms with Crippen molar-refractivity contribution in [2.45, 2.75) is 32.6 Å². The average Bonchev–Trinajstić information content (AvgIpc) is 2.87. The largest absolute Gasteiger partial charge is 0.0588 e. The molecular weight excluding hydrogens is 180 g/mol. The van der Waals surface area contributed by atoms with Crippen LogP contribution in [0.3, 0.4) is 0 Å². The van der Waals surface area contributed by atoms with Crippen molar-refractivity contribution in [1.82, 2.24) is 0 Å². The molecule has 7 fully saturated rings. The van der Waals surface area contributed by atoms with Crippen molar-refractivity contribution in [3.8, 4) is 0 Å². The molecule has 80 valence electrons. The third-order valence-electron chi connectivity index (χ3n) is 8.48. The van der Waals surface area contributed by atoms with Gasteiger partial charge in [0.15, 0.2) is 0 Å². The summed E-state index contributed by atoms with van der Waals surface area (Å²) in [5.74, 6) is 11.1. The van der Waals surface area contributed by atoms with Crippen LogP contribution in [0.1, 0.15) is 32.6 Å². The molecule has 0 aromatic carbocycles. The normalized spacial score (nSPS) is 84.2. The Labute approximate surface area is 91.8 Å². The molecular formula is C15H20. The van der Waals surface area contributed by atoms with Crippen LogP contribution in [0.25, 0.3) is 0 Å². The van der Waals surface area contributed by atoms with Gasteiger partial charge in [-0.05, 0) is 84.4 Å². The fraction of sp³-hybridized carbons (Fsp3) is 1.00. The Balaban J connectivity index is 1.67. The lowest BCUT2D eigenvalue weighted by molar-refractivity contribution is -0.00279. The van der Waals surface area contributed by atoms with Crippen LogP contribution in [0.5, 0.6) is 0 Å². The molecule has 0 nitrogen and oxygen atoms in total. The van der Waals surface area contributed by atoms with Gasteiger partial charge in [0.1, 0.15) is 0 Å². The fourth-order valence-electron chi connectivity index (χ4n) is 8.86. The second kappa shape index (κ2) is 1.73. The van der Waals surface area contributed by atoms with Crippen molar-refractivity contribution in [3.05, 3.63) is 0 Å². The fourth-order valence-corrected chi connectivity index (χ4v) is 8.86. The standard InChI is InChI=1S/C15H20/c1-15-12-8-4-5-9(12)11-10(8)13(15)6-2-3-7(6)14(11)15/h6-14H,2-5H2,1H3. The molecule has 7 saturated carbocycles. The highest BCUT2D eigenvalue weighted by Gasteiger charge is 2.86. The van der Waals surface area contributed by atoms with Crippen LogP contribution in [0.2, 0.25) is 0 Å². The third kappa shape index (κ3) is 0.436. The van der Waals surface area contributed by atoms with Gasteiger partial charge in [-0.2, -0.15) is 0 Å². The summed E-state index contributed by atoms with van der Waals surface area (Å²) in [4.78, 5) is 0. The topological polar surface area (TPSA) is 0 Å². The lowest BCUT2D eigenvalue weighted by Gasteiger charge is -2.48. The van der Waals surface area contributed by atoms with Crippen LogP contribution in [0.4, 0.5) is 0 Å². The number of hydrogen-bond acceptors (Lipinski definition) is 0. The highest BCUT2D eigenvalue weighted by Crippen LogP contribution is 2.91. The van der Waals surface area contributed by atoms with Gasteiger partial charge in [0.25, 0.3) is 0 Å². The van der Waals surface area contributed by atoms with Gasteiger partial charge < -0.3 is 0 Å². The summed E-state index contributed by atoms with van der Waals surface area (Å²) in [7, 11) is 0. The van der Waals surface area contributed by atoms with Gasteiger partial charge in [-0.25, -0.2) is 0 Å². The molecule has 15 heavy (non-hydrogen) atoms. The molecule has 8 atom stereocenters. The summed E-state index contributed by atoms with van der Waals surface area (Å²) in [5.41, 5.74) is 0.882. The Morgan fingerprint density at radius 2 is 1.13 bits per heavy atom. The van der Waals surface area contributed by atoms with Gasteiger partial charge in [-0.3, -0.25) is 0 Å². The summed E-state index contributed by atoms with van der Waals surface area (Å²) in [5, 5.41) is 0. The first-order valence-electron chi connectivity index (χ1n) is 7.33. The lowest BCUT2D eigenvalue weighted by Crippen LogP contribution is -2.42. The van der Waals surface area contributed by atoms with Crippen molar-refractivity contribution in [2.75, 3.05) is 0 Å². The Morgan fingerprint density at radius 3 is 1.60 bits per heavy atom. The van der Waals surface area contributed by atoms with Gasteiger partial charge in [0.05, 0.1) is 0 Å². The van der Waals surface area contributed by atoms with Crippen molar-refractivity contribution >= 4 is 0 Å². The molecule has 7 aliphatic carbocycles. The van der Waals surface area contributed by atoms with Crippen LogP contribution in [-0.2, 0) is 0 Å². The van der Waals surface area contributed by atoms with Gasteiger partial charge in [0.2, 0.25) is 0 Å². The lowest BCUT2D eigenvalue weighted by atomic mass is 9.56. The summed E-state index contributed by atoms with van der Waals surface area (Å²) in [6, 6.07) is 0. The minimum absolute atomic E-state index is 0.882. The van der Waals surface area contributed by atoms with E-state index in [1.807, 2.05) is 0 Å². The van der Waals surface area contributed by atoms with Crippen molar-refractivity contribution < 1.29 is 0 Å². The van der Waals surface area contributed by atoms with E-state index in [1.54, 1.807) is 25.7 Å². The summed E-state index contributed by atoms with van der Waals surface area (Å²) in [6.07, 6.45) is 6.50. The van der Waals surface area contributed by atoms with Gasteiger partial charge in [-0.15, -0.1) is 0 Å². The zero-order valence-corrected chi connectivity index (χ0v) is 9.52. The minimum Gasteiger partial charge on any atom is -0.0588 e. The van der Waals surface area contributed by atoms with E-state index in [-0.39, 0.29) is 0 Å². The maximum atomic E-state index is 2.74. The van der Waals surface area contributed by atoms with Crippen LogP contribution < -0.4 is 0 Å². The molecule has 0 aromatic heterocycles. The maximum absolute atomic E-state index is 2.74. The van der Waals surface area contributed by atoms with Crippen LogP contribution in [0, 0.1) is 58.7 Å². The molecule has 8 unspecified atom stereocenters. The Morgan fingerprint density at radius 1 is 0.667 bits per heavy atom. The monoisotopic (exact) mass is 200 g/mol. The highest BCUT2D eigenvalue weighted by molar-refractivity contribution is 5.33. The SMILES string of the molecule is CC12C3C4CCC3C3C4C1C1CCC1C32. The van der Waals surface area contributed by atoms with Crippen LogP contribution in [-0.4, -0.2) is 0 Å². The van der Waals surface area contributed by atoms with Crippen LogP contribution >= 0.6 is 0 Å². The van der Waals surface area contributed by atoms with E-state index in [9.17, 15) is 0 Å². The molecule has 0 saturated heterocycles. The molecule has 0 N–H and O–H groups in total. The van der Waals surface area contributed by atoms with E-state index >= 15 is 0 Å². The van der Waals surface area contributed by atoms with E-state index in [0.717, 1.165) is 5.41 Å². The quantitative estimate of drug-likeness (QED) is 0.563. The zero-order chi connectivity index (χ0) is 9.52. The van der Waals surface area contributed by atoms with E-state index in [4.69, 9.17) is 0 Å². The first kappa shape index (κ1) is 7.35. The second-order valence-corrected chi connectivity index (χ2v) is 7.91. The third-order valence-corrected chi connectivity index (χ3v) is 8.48. The Hall–Kier alpha value is 0. The van der Waals surface area contributed by atoms with Crippen molar-refractivity contribution in [1.29, 1.82) is 0 Å². The molecule has 0 heterocycles. The Bertz CT molecular complexity index is 351. The number of fused-ring (bicyclic) bond motifs is 1. The zero-order valence-electron chi connectivity index (χ0n) is 9.52. The smallest absolute Gasteiger partial charge is 0.0224 e. The van der Waals surface area contributed by atoms with Crippen LogP contribution in [0.15, 0.2) is 0 Å². The van der Waals surface area contributed by atoms with Gasteiger partial charge in [0, 0.05) is 0 Å². The summed E-state index contributed by atoms with van der Waals surface area (Å²) >= 11 is 0. The number of hydrogen-bond donors (Lipinski definition) is 0. The molecule has 0 amide bonds. The molecule has 0 radical (unpaired) electrons. The van der Waals surface area contributed by atoms with E-state index in [0.29, 0.717) is 0 Å². The van der Waals surface area contributed by atoms with E-state index in [1.165, 1.54) is 53.3 Å². The van der Waals surface area contributed by atoms with Crippen molar-refractivity contribution in [3.63, 3.8) is 0 Å². The molecule has 0 aromatic rings. The summed E-state index contributed by atoms with van der Waals surface area (Å²) < 4.78 is 0. The molecule has 0 spiro atoms. The first-order valence-corrected chi connectivity index (χ1v) is 7.33. The molecule has 7 rings (SSSR count). The van der Waals surface area contributed by atoms with Gasteiger partial charge in [-0.1, -0.05) is 6.92 Å². The molecule has 8 bridgehead atoms. The van der Waals surface area contributed by atoms with E-state index < -0.39 is 0 Å². The molecule has 7 aliphatic rings. The maximum Gasteiger partial charge on any atom is -0.0224 e. The molecule has 0 aliphatic heterocycles.